The maximum Gasteiger partial charge on any atom is 0.153 e. The van der Waals surface area contributed by atoms with Crippen LogP contribution in [0.15, 0.2) is 24.3 Å². The van der Waals surface area contributed by atoms with Crippen LogP contribution >= 0.6 is 0 Å². The van der Waals surface area contributed by atoms with E-state index < -0.39 is 0 Å². The molecule has 0 spiro atoms. The number of nitrogens with two attached hydrogens (primary N) is 1. The highest BCUT2D eigenvalue weighted by molar-refractivity contribution is 5.76. The average Bonchev–Trinajstić information content (AvgIpc) is 3.05. The Labute approximate surface area is 98.8 Å². The van der Waals surface area contributed by atoms with Crippen LogP contribution in [-0.4, -0.2) is 10.2 Å². The Hall–Kier alpha value is -1.84. The Kier molecular flexibility index (Phi) is 2.35. The van der Waals surface area contributed by atoms with Gasteiger partial charge in [-0.25, -0.2) is 4.39 Å². The van der Waals surface area contributed by atoms with Crippen LogP contribution in [0.2, 0.25) is 0 Å². The molecule has 3 rings (SSSR count). The number of nitrogens with zero attached hydrogens (tertiary/aromatic N) is 1. The summed E-state index contributed by atoms with van der Waals surface area (Å²) in [6, 6.07) is 6.38. The number of H-pyrrole nitrogens is 1. The van der Waals surface area contributed by atoms with Crippen molar-refractivity contribution in [3.63, 3.8) is 0 Å². The highest BCUT2D eigenvalue weighted by atomic mass is 19.1. The van der Waals surface area contributed by atoms with Crippen LogP contribution in [-0.2, 0) is 6.42 Å². The third-order valence-corrected chi connectivity index (χ3v) is 3.19. The summed E-state index contributed by atoms with van der Waals surface area (Å²) in [5, 5.41) is 7.04. The second-order valence-corrected chi connectivity index (χ2v) is 4.62. The van der Waals surface area contributed by atoms with Gasteiger partial charge in [-0.05, 0) is 42.9 Å². The topological polar surface area (TPSA) is 54.7 Å². The fourth-order valence-electron chi connectivity index (χ4n) is 2.09. The van der Waals surface area contributed by atoms with Crippen molar-refractivity contribution >= 4 is 5.82 Å². The molecule has 0 atom stereocenters. The number of nitrogens with one attached hydrogen (secondary N) is 1. The maximum absolute atomic E-state index is 12.9. The van der Waals surface area contributed by atoms with Gasteiger partial charge >= 0.3 is 0 Å². The maximum atomic E-state index is 12.9. The zero-order chi connectivity index (χ0) is 11.8. The van der Waals surface area contributed by atoms with E-state index in [1.54, 1.807) is 12.1 Å². The van der Waals surface area contributed by atoms with Crippen LogP contribution in [0.3, 0.4) is 0 Å². The largest absolute Gasteiger partial charge is 0.382 e. The Morgan fingerprint density at radius 1 is 1.29 bits per heavy atom. The molecule has 0 unspecified atom stereocenters. The minimum atomic E-state index is -0.237. The summed E-state index contributed by atoms with van der Waals surface area (Å²) >= 11 is 0. The average molecular weight is 231 g/mol. The van der Waals surface area contributed by atoms with E-state index in [-0.39, 0.29) is 5.82 Å². The van der Waals surface area contributed by atoms with Crippen LogP contribution in [0.25, 0.3) is 11.1 Å². The van der Waals surface area contributed by atoms with Crippen molar-refractivity contribution in [1.29, 1.82) is 0 Å². The van der Waals surface area contributed by atoms with Crippen molar-refractivity contribution in [3.8, 4) is 11.1 Å². The highest BCUT2D eigenvalue weighted by Gasteiger charge is 2.25. The fraction of sp³-hybridized carbons (Fsp3) is 0.308. The molecule has 0 bridgehead atoms. The normalized spacial score (nSPS) is 15.1. The van der Waals surface area contributed by atoms with E-state index in [2.05, 4.69) is 10.2 Å². The Bertz CT molecular complexity index is 526. The van der Waals surface area contributed by atoms with Crippen LogP contribution in [0, 0.1) is 11.7 Å². The summed E-state index contributed by atoms with van der Waals surface area (Å²) in [4.78, 5) is 0. The number of aromatic amines is 1. The molecule has 1 fully saturated rings. The van der Waals surface area contributed by atoms with Crippen molar-refractivity contribution < 1.29 is 4.39 Å². The summed E-state index contributed by atoms with van der Waals surface area (Å²) in [6.45, 7) is 0. The molecule has 1 aliphatic rings. The molecule has 1 aromatic carbocycles. The third kappa shape index (κ3) is 2.02. The lowest BCUT2D eigenvalue weighted by molar-refractivity contribution is 0.628. The summed E-state index contributed by atoms with van der Waals surface area (Å²) in [6.07, 6.45) is 3.54. The number of hydrogen-bond donors (Lipinski definition) is 2. The van der Waals surface area contributed by atoms with Gasteiger partial charge in [0, 0.05) is 11.3 Å². The molecule has 0 aliphatic heterocycles. The summed E-state index contributed by atoms with van der Waals surface area (Å²) in [5.41, 5.74) is 8.79. The molecule has 2 aromatic rings. The van der Waals surface area contributed by atoms with E-state index in [9.17, 15) is 4.39 Å². The SMILES string of the molecule is Nc1n[nH]c(CC2CC2)c1-c1ccc(F)cc1. The number of rotatable bonds is 3. The molecule has 88 valence electrons. The lowest BCUT2D eigenvalue weighted by Gasteiger charge is -2.03. The molecule has 1 heterocycles. The third-order valence-electron chi connectivity index (χ3n) is 3.19. The highest BCUT2D eigenvalue weighted by Crippen LogP contribution is 2.36. The number of hydrogen-bond acceptors (Lipinski definition) is 2. The predicted molar refractivity (Wildman–Crippen MR) is 64.8 cm³/mol. The van der Waals surface area contributed by atoms with Crippen molar-refractivity contribution in [2.75, 3.05) is 5.73 Å². The summed E-state index contributed by atoms with van der Waals surface area (Å²) in [7, 11) is 0. The van der Waals surface area contributed by atoms with Gasteiger partial charge in [0.1, 0.15) is 5.82 Å². The molecule has 3 N–H and O–H groups in total. The Morgan fingerprint density at radius 2 is 2.00 bits per heavy atom. The summed E-state index contributed by atoms with van der Waals surface area (Å²) in [5.74, 6) is 1.01. The first kappa shape index (κ1) is 10.3. The van der Waals surface area contributed by atoms with Gasteiger partial charge in [-0.15, -0.1) is 0 Å². The number of aromatic nitrogens is 2. The molecule has 4 heteroatoms. The minimum absolute atomic E-state index is 0.237. The monoisotopic (exact) mass is 231 g/mol. The molecule has 0 amide bonds. The quantitative estimate of drug-likeness (QED) is 0.853. The molecule has 0 radical (unpaired) electrons. The Balaban J connectivity index is 1.99. The molecular formula is C13H14FN3. The first-order valence-corrected chi connectivity index (χ1v) is 5.82. The van der Waals surface area contributed by atoms with Crippen molar-refractivity contribution in [1.82, 2.24) is 10.2 Å². The van der Waals surface area contributed by atoms with Gasteiger partial charge in [-0.1, -0.05) is 12.1 Å². The first-order valence-electron chi connectivity index (χ1n) is 5.82. The zero-order valence-electron chi connectivity index (χ0n) is 9.41. The number of nitrogen functional groups attached to an aromatic ring is 1. The molecular weight excluding hydrogens is 217 g/mol. The standard InChI is InChI=1S/C13H14FN3/c14-10-5-3-9(4-6-10)12-11(7-8-1-2-8)16-17-13(12)15/h3-6,8H,1-2,7H2,(H3,15,16,17). The van der Waals surface area contributed by atoms with E-state index in [0.29, 0.717) is 5.82 Å². The molecule has 3 nitrogen and oxygen atoms in total. The van der Waals surface area contributed by atoms with Gasteiger partial charge in [0.25, 0.3) is 0 Å². The van der Waals surface area contributed by atoms with Gasteiger partial charge in [0.15, 0.2) is 5.82 Å². The minimum Gasteiger partial charge on any atom is -0.382 e. The van der Waals surface area contributed by atoms with Gasteiger partial charge in [0.2, 0.25) is 0 Å². The molecule has 1 aromatic heterocycles. The fourth-order valence-corrected chi connectivity index (χ4v) is 2.09. The lowest BCUT2D eigenvalue weighted by atomic mass is 10.0. The molecule has 17 heavy (non-hydrogen) atoms. The van der Waals surface area contributed by atoms with Gasteiger partial charge in [0.05, 0.1) is 0 Å². The Morgan fingerprint density at radius 3 is 2.65 bits per heavy atom. The van der Waals surface area contributed by atoms with Crippen molar-refractivity contribution in [2.45, 2.75) is 19.3 Å². The van der Waals surface area contributed by atoms with E-state index in [1.807, 2.05) is 0 Å². The second-order valence-electron chi connectivity index (χ2n) is 4.62. The van der Waals surface area contributed by atoms with E-state index >= 15 is 0 Å². The van der Waals surface area contributed by atoms with Crippen LogP contribution < -0.4 is 5.73 Å². The smallest absolute Gasteiger partial charge is 0.153 e. The zero-order valence-corrected chi connectivity index (χ0v) is 9.41. The van der Waals surface area contributed by atoms with Gasteiger partial charge in [-0.2, -0.15) is 5.10 Å². The van der Waals surface area contributed by atoms with E-state index in [0.717, 1.165) is 29.2 Å². The number of benzene rings is 1. The lowest BCUT2D eigenvalue weighted by Crippen LogP contribution is -1.93. The van der Waals surface area contributed by atoms with Crippen LogP contribution in [0.5, 0.6) is 0 Å². The van der Waals surface area contributed by atoms with Crippen LogP contribution in [0.1, 0.15) is 18.5 Å². The molecule has 0 saturated heterocycles. The van der Waals surface area contributed by atoms with Gasteiger partial charge in [-0.3, -0.25) is 5.10 Å². The molecule has 1 saturated carbocycles. The number of anilines is 1. The van der Waals surface area contributed by atoms with E-state index in [4.69, 9.17) is 5.73 Å². The van der Waals surface area contributed by atoms with Crippen molar-refractivity contribution in [2.24, 2.45) is 5.92 Å². The van der Waals surface area contributed by atoms with E-state index in [1.165, 1.54) is 25.0 Å². The first-order chi connectivity index (χ1) is 8.24. The second kappa shape index (κ2) is 3.87. The number of halogens is 1. The predicted octanol–water partition coefficient (Wildman–Crippen LogP) is 2.75. The van der Waals surface area contributed by atoms with Gasteiger partial charge < -0.3 is 5.73 Å². The molecule has 1 aliphatic carbocycles. The van der Waals surface area contributed by atoms with Crippen molar-refractivity contribution in [3.05, 3.63) is 35.8 Å². The summed E-state index contributed by atoms with van der Waals surface area (Å²) < 4.78 is 12.9. The van der Waals surface area contributed by atoms with Crippen LogP contribution in [0.4, 0.5) is 10.2 Å².